The predicted molar refractivity (Wildman–Crippen MR) is 129 cm³/mol. The number of benzene rings is 1. The van der Waals surface area contributed by atoms with Gasteiger partial charge in [-0.05, 0) is 41.7 Å². The van der Waals surface area contributed by atoms with Gasteiger partial charge >= 0.3 is 0 Å². The van der Waals surface area contributed by atoms with Gasteiger partial charge in [0.1, 0.15) is 11.9 Å². The maximum atomic E-state index is 12.9. The maximum absolute atomic E-state index is 12.9. The van der Waals surface area contributed by atoms with E-state index < -0.39 is 0 Å². The minimum absolute atomic E-state index is 0.0168. The van der Waals surface area contributed by atoms with E-state index in [0.29, 0.717) is 25.5 Å². The molecule has 1 aromatic carbocycles. The molecule has 0 bridgehead atoms. The molecule has 1 unspecified atom stereocenters. The molecular weight excluding hydrogens is 414 g/mol. The van der Waals surface area contributed by atoms with Crippen molar-refractivity contribution in [1.29, 1.82) is 0 Å². The van der Waals surface area contributed by atoms with Gasteiger partial charge in [-0.25, -0.2) is 4.98 Å². The molecule has 1 saturated heterocycles. The van der Waals surface area contributed by atoms with E-state index in [1.54, 1.807) is 12.3 Å². The summed E-state index contributed by atoms with van der Waals surface area (Å²) in [5.74, 6) is 0.615. The fourth-order valence-corrected chi connectivity index (χ4v) is 4.74. The summed E-state index contributed by atoms with van der Waals surface area (Å²) in [6.07, 6.45) is 9.14. The van der Waals surface area contributed by atoms with E-state index in [1.165, 1.54) is 11.1 Å². The van der Waals surface area contributed by atoms with Crippen molar-refractivity contribution in [3.05, 3.63) is 71.4 Å². The normalized spacial score (nSPS) is 21.5. The molecule has 0 radical (unpaired) electrons. The van der Waals surface area contributed by atoms with Crippen LogP contribution in [0.2, 0.25) is 0 Å². The molecular formula is C26H29N5O2. The van der Waals surface area contributed by atoms with Gasteiger partial charge in [-0.1, -0.05) is 36.4 Å². The van der Waals surface area contributed by atoms with Crippen molar-refractivity contribution in [2.75, 3.05) is 38.0 Å². The molecule has 170 valence electrons. The number of hydrogen-bond acceptors (Lipinski definition) is 5. The standard InChI is InChI=1S/C26H29N5O2/c32-24(30-12-4-7-21(10-13-30)20-5-2-1-3-6-20)9-8-19-15-22-18-31-14-11-27-17-23(31)26(33)29-25(22)28-16-19/h1-3,5-9,15-16,23,27H,4,10-14,17-18H2,(H,28,29,33). The number of fused-ring (bicyclic) bond motifs is 2. The number of carbonyl (C=O) groups is 2. The summed E-state index contributed by atoms with van der Waals surface area (Å²) in [4.78, 5) is 34.0. The lowest BCUT2D eigenvalue weighted by Gasteiger charge is -2.32. The highest BCUT2D eigenvalue weighted by Gasteiger charge is 2.32. The molecule has 7 nitrogen and oxygen atoms in total. The molecule has 3 aliphatic rings. The number of pyridine rings is 1. The third kappa shape index (κ3) is 4.89. The molecule has 2 aromatic rings. The minimum atomic E-state index is -0.175. The van der Waals surface area contributed by atoms with Gasteiger partial charge in [0.2, 0.25) is 11.8 Å². The maximum Gasteiger partial charge on any atom is 0.246 e. The molecule has 0 aliphatic carbocycles. The lowest BCUT2D eigenvalue weighted by Crippen LogP contribution is -2.54. The molecule has 3 aliphatic heterocycles. The second-order valence-corrected chi connectivity index (χ2v) is 8.75. The molecule has 5 rings (SSSR count). The van der Waals surface area contributed by atoms with Crippen molar-refractivity contribution < 1.29 is 9.59 Å². The molecule has 2 N–H and O–H groups in total. The average molecular weight is 444 g/mol. The largest absolute Gasteiger partial charge is 0.339 e. The smallest absolute Gasteiger partial charge is 0.246 e. The van der Waals surface area contributed by atoms with Gasteiger partial charge in [0.15, 0.2) is 0 Å². The van der Waals surface area contributed by atoms with E-state index in [-0.39, 0.29) is 17.9 Å². The van der Waals surface area contributed by atoms with Crippen LogP contribution < -0.4 is 10.6 Å². The van der Waals surface area contributed by atoms with Gasteiger partial charge in [0.25, 0.3) is 0 Å². The zero-order valence-electron chi connectivity index (χ0n) is 18.7. The topological polar surface area (TPSA) is 77.6 Å². The molecule has 1 atom stereocenters. The van der Waals surface area contributed by atoms with Crippen LogP contribution in [0.4, 0.5) is 5.82 Å². The van der Waals surface area contributed by atoms with Crippen LogP contribution in [0.25, 0.3) is 11.6 Å². The summed E-state index contributed by atoms with van der Waals surface area (Å²) in [5.41, 5.74) is 4.38. The number of piperazine rings is 1. The second kappa shape index (κ2) is 9.68. The number of aromatic nitrogens is 1. The van der Waals surface area contributed by atoms with Crippen molar-refractivity contribution in [3.63, 3.8) is 0 Å². The summed E-state index contributed by atoms with van der Waals surface area (Å²) in [7, 11) is 0. The summed E-state index contributed by atoms with van der Waals surface area (Å²) in [6, 6.07) is 12.2. The third-order valence-corrected chi connectivity index (χ3v) is 6.58. The molecule has 33 heavy (non-hydrogen) atoms. The molecule has 0 spiro atoms. The van der Waals surface area contributed by atoms with Crippen LogP contribution in [0.5, 0.6) is 0 Å². The Morgan fingerprint density at radius 2 is 2.03 bits per heavy atom. The summed E-state index contributed by atoms with van der Waals surface area (Å²) >= 11 is 0. The fourth-order valence-electron chi connectivity index (χ4n) is 4.74. The molecule has 7 heteroatoms. The summed E-state index contributed by atoms with van der Waals surface area (Å²) in [5, 5.41) is 6.23. The number of anilines is 1. The highest BCUT2D eigenvalue weighted by Crippen LogP contribution is 2.24. The molecule has 0 saturated carbocycles. The average Bonchev–Trinajstić information content (AvgIpc) is 3.18. The summed E-state index contributed by atoms with van der Waals surface area (Å²) in [6.45, 7) is 4.45. The Labute approximate surface area is 194 Å². The zero-order chi connectivity index (χ0) is 22.6. The molecule has 1 fully saturated rings. The number of rotatable bonds is 3. The SMILES string of the molecule is O=C1Nc2ncc(C=CC(=O)N3CCC=C(c4ccccc4)CC3)cc2CN2CCNCC12. The Hall–Kier alpha value is -3.29. The number of carbonyl (C=O) groups excluding carboxylic acids is 2. The highest BCUT2D eigenvalue weighted by molar-refractivity contribution is 5.96. The van der Waals surface area contributed by atoms with Gasteiger partial charge in [-0.3, -0.25) is 14.5 Å². The number of hydrogen-bond donors (Lipinski definition) is 2. The van der Waals surface area contributed by atoms with Crippen molar-refractivity contribution >= 4 is 29.3 Å². The first-order valence-electron chi connectivity index (χ1n) is 11.6. The van der Waals surface area contributed by atoms with Crippen LogP contribution >= 0.6 is 0 Å². The van der Waals surface area contributed by atoms with Gasteiger partial charge in [0, 0.05) is 57.1 Å². The predicted octanol–water partition coefficient (Wildman–Crippen LogP) is 2.53. The molecule has 1 aromatic heterocycles. The van der Waals surface area contributed by atoms with E-state index in [1.807, 2.05) is 23.1 Å². The van der Waals surface area contributed by atoms with E-state index in [0.717, 1.165) is 43.6 Å². The lowest BCUT2D eigenvalue weighted by molar-refractivity contribution is -0.125. The first-order valence-corrected chi connectivity index (χ1v) is 11.6. The van der Waals surface area contributed by atoms with Gasteiger partial charge in [-0.15, -0.1) is 0 Å². The first-order chi connectivity index (χ1) is 16.2. The first kappa shape index (κ1) is 21.6. The Balaban J connectivity index is 1.24. The van der Waals surface area contributed by atoms with Crippen LogP contribution in [-0.4, -0.2) is 65.4 Å². The van der Waals surface area contributed by atoms with Gasteiger partial charge in [0.05, 0.1) is 0 Å². The van der Waals surface area contributed by atoms with E-state index in [4.69, 9.17) is 0 Å². The van der Waals surface area contributed by atoms with Crippen LogP contribution in [0.3, 0.4) is 0 Å². The van der Waals surface area contributed by atoms with E-state index in [9.17, 15) is 9.59 Å². The van der Waals surface area contributed by atoms with Crippen molar-refractivity contribution in [3.8, 4) is 0 Å². The fraction of sp³-hybridized carbons (Fsp3) is 0.346. The molecule has 2 amide bonds. The van der Waals surface area contributed by atoms with Crippen molar-refractivity contribution in [1.82, 2.24) is 20.1 Å². The van der Waals surface area contributed by atoms with Crippen molar-refractivity contribution in [2.24, 2.45) is 0 Å². The number of nitrogens with one attached hydrogen (secondary N) is 2. The highest BCUT2D eigenvalue weighted by atomic mass is 16.2. The zero-order valence-corrected chi connectivity index (χ0v) is 18.7. The number of nitrogens with zero attached hydrogens (tertiary/aromatic N) is 3. The molecule has 4 heterocycles. The third-order valence-electron chi connectivity index (χ3n) is 6.58. The van der Waals surface area contributed by atoms with Crippen LogP contribution in [0.15, 0.2) is 54.7 Å². The lowest BCUT2D eigenvalue weighted by atomic mass is 10.0. The van der Waals surface area contributed by atoms with Crippen LogP contribution in [0, 0.1) is 0 Å². The van der Waals surface area contributed by atoms with Crippen LogP contribution in [0.1, 0.15) is 29.5 Å². The Bertz CT molecular complexity index is 1100. The number of amides is 2. The summed E-state index contributed by atoms with van der Waals surface area (Å²) < 4.78 is 0. The quantitative estimate of drug-likeness (QED) is 0.713. The Morgan fingerprint density at radius 1 is 1.15 bits per heavy atom. The van der Waals surface area contributed by atoms with E-state index >= 15 is 0 Å². The second-order valence-electron chi connectivity index (χ2n) is 8.75. The van der Waals surface area contributed by atoms with Gasteiger partial charge < -0.3 is 15.5 Å². The van der Waals surface area contributed by atoms with Gasteiger partial charge in [-0.2, -0.15) is 0 Å². The van der Waals surface area contributed by atoms with Crippen LogP contribution in [-0.2, 0) is 16.1 Å². The van der Waals surface area contributed by atoms with Crippen molar-refractivity contribution in [2.45, 2.75) is 25.4 Å². The Morgan fingerprint density at radius 3 is 2.91 bits per heavy atom. The van der Waals surface area contributed by atoms with E-state index in [2.05, 4.69) is 50.9 Å². The monoisotopic (exact) mass is 443 g/mol. The Kier molecular flexibility index (Phi) is 6.32. The minimum Gasteiger partial charge on any atom is -0.339 e.